The number of methoxy groups -OCH3 is 1. The van der Waals surface area contributed by atoms with Crippen molar-refractivity contribution in [1.82, 2.24) is 9.91 Å². The Morgan fingerprint density at radius 2 is 1.53 bits per heavy atom. The van der Waals surface area contributed by atoms with E-state index in [1.54, 1.807) is 13.0 Å². The van der Waals surface area contributed by atoms with E-state index in [0.29, 0.717) is 32.4 Å². The first-order valence-corrected chi connectivity index (χ1v) is 23.7. The van der Waals surface area contributed by atoms with E-state index in [0.717, 1.165) is 19.6 Å². The molecule has 1 saturated heterocycles. The number of benzene rings is 2. The van der Waals surface area contributed by atoms with Crippen LogP contribution in [0.2, 0.25) is 0 Å². The van der Waals surface area contributed by atoms with E-state index < -0.39 is 70.8 Å². The number of phenols is 3. The third-order valence-electron chi connectivity index (χ3n) is 13.6. The molecule has 1 unspecified atom stereocenters. The number of likely N-dealkylation sites (N-methyl/N-ethyl adjacent to an activating group) is 1. The normalized spacial score (nSPS) is 30.3. The van der Waals surface area contributed by atoms with Gasteiger partial charge >= 0.3 is 11.8 Å². The quantitative estimate of drug-likeness (QED) is 0.0820. The lowest BCUT2D eigenvalue weighted by Gasteiger charge is -2.42. The largest absolute Gasteiger partial charge is 0.507 e. The van der Waals surface area contributed by atoms with Gasteiger partial charge in [-0.25, -0.2) is 0 Å². The maximum Gasteiger partial charge on any atom is 0.312 e. The maximum atomic E-state index is 14.6. The molecular formula is C50H76N4O12. The van der Waals surface area contributed by atoms with Crippen molar-refractivity contribution >= 4 is 40.3 Å². The van der Waals surface area contributed by atoms with Gasteiger partial charge in [0.1, 0.15) is 23.4 Å². The topological polar surface area (TPSA) is 198 Å². The highest BCUT2D eigenvalue weighted by atomic mass is 16.7. The number of piperazine rings is 1. The molecule has 16 nitrogen and oxygen atoms in total. The number of nitrogens with one attached hydrogen (secondary N) is 1. The van der Waals surface area contributed by atoms with Crippen LogP contribution in [0.5, 0.6) is 23.0 Å². The van der Waals surface area contributed by atoms with Crippen molar-refractivity contribution < 1.29 is 58.1 Å². The lowest BCUT2D eigenvalue weighted by molar-refractivity contribution is -0.172. The molecule has 368 valence electrons. The average molecular weight is 925 g/mol. The van der Waals surface area contributed by atoms with Crippen molar-refractivity contribution in [3.05, 3.63) is 29.0 Å². The molecule has 0 aliphatic carbocycles. The zero-order valence-corrected chi connectivity index (χ0v) is 41.6. The second kappa shape index (κ2) is 22.0. The molecule has 0 spiro atoms. The summed E-state index contributed by atoms with van der Waals surface area (Å²) in [5, 5.41) is 45.1. The summed E-state index contributed by atoms with van der Waals surface area (Å²) in [6.07, 6.45) is 3.74. The van der Waals surface area contributed by atoms with Gasteiger partial charge in [-0.3, -0.25) is 24.3 Å². The van der Waals surface area contributed by atoms with Gasteiger partial charge in [0, 0.05) is 81.8 Å². The van der Waals surface area contributed by atoms with Crippen molar-refractivity contribution in [2.75, 3.05) is 45.2 Å². The maximum absolute atomic E-state index is 14.6. The van der Waals surface area contributed by atoms with Gasteiger partial charge in [-0.1, -0.05) is 48.0 Å². The minimum atomic E-state index is -2.01. The minimum Gasteiger partial charge on any atom is -0.507 e. The van der Waals surface area contributed by atoms with Crippen molar-refractivity contribution in [3.63, 3.8) is 0 Å². The summed E-state index contributed by atoms with van der Waals surface area (Å²) >= 11 is 0. The number of rotatable bonds is 9. The fraction of sp³-hybridized carbons (Fsp3) is 0.680. The van der Waals surface area contributed by atoms with E-state index in [1.807, 2.05) is 46.6 Å². The van der Waals surface area contributed by atoms with E-state index in [1.165, 1.54) is 40.4 Å². The number of aromatic hydroxyl groups is 3. The number of ketones is 1. The number of carbonyl (C=O) groups is 3. The first-order valence-electron chi connectivity index (χ1n) is 23.7. The number of amides is 1. The van der Waals surface area contributed by atoms with Gasteiger partial charge in [-0.15, -0.1) is 0 Å². The number of esters is 1. The summed E-state index contributed by atoms with van der Waals surface area (Å²) in [6.45, 7) is 27.9. The van der Waals surface area contributed by atoms with Crippen LogP contribution >= 0.6 is 0 Å². The summed E-state index contributed by atoms with van der Waals surface area (Å²) in [6, 6.07) is 0. The summed E-state index contributed by atoms with van der Waals surface area (Å²) in [5.74, 6) is -6.69. The highest BCUT2D eigenvalue weighted by molar-refractivity contribution is 6.23. The van der Waals surface area contributed by atoms with Crippen LogP contribution in [0.25, 0.3) is 10.8 Å². The van der Waals surface area contributed by atoms with Crippen LogP contribution in [-0.2, 0) is 33.3 Å². The number of nitrogens with zero attached hydrogens (tertiary/aromatic N) is 3. The van der Waals surface area contributed by atoms with Crippen molar-refractivity contribution in [2.45, 2.75) is 152 Å². The summed E-state index contributed by atoms with van der Waals surface area (Å²) < 4.78 is 37.9. The zero-order chi connectivity index (χ0) is 48.9. The van der Waals surface area contributed by atoms with Crippen LogP contribution in [0.1, 0.15) is 124 Å². The molecule has 16 heteroatoms. The van der Waals surface area contributed by atoms with Gasteiger partial charge in [-0.2, -0.15) is 5.10 Å². The van der Waals surface area contributed by atoms with Crippen LogP contribution in [0.4, 0.5) is 5.69 Å². The minimum absolute atomic E-state index is 0.0209. The first-order chi connectivity index (χ1) is 31.1. The molecule has 2 aromatic rings. The van der Waals surface area contributed by atoms with Crippen LogP contribution in [0.3, 0.4) is 0 Å². The van der Waals surface area contributed by atoms with Crippen LogP contribution in [0, 0.1) is 36.5 Å². The number of hydrogen-bond acceptors (Lipinski definition) is 15. The number of hydrogen-bond donors (Lipinski definition) is 4. The highest BCUT2D eigenvalue weighted by Crippen LogP contribution is 2.55. The molecule has 6 rings (SSSR count). The van der Waals surface area contributed by atoms with Crippen LogP contribution in [0.15, 0.2) is 17.4 Å². The molecule has 10 atom stereocenters. The standard InChI is InChI=1S/C50H76N4O12/c1-15-53-20-22-54(23-21-53)51-25-35-40-43(58)38-37(42(35)57)39-47(31(9)41(38)56)66-50(13,48(39)59)62-24-19-36(61-14)30(8)45(65-34(12)55)33(11)46(64-27(4)5)32(10)44(63-26(2)3)28(6)17-16-18-29(7)49(60)52-40/h19,24-30,32-33,36,44-46,56-58H,15-18,20-23H2,1-14H3,(H,52,60)/b24-19+,51-25+/t28-,29?,30-,32-,33-,36+,44-,45-,46+,50+/m1/s1. The van der Waals surface area contributed by atoms with Crippen molar-refractivity contribution in [2.24, 2.45) is 34.7 Å². The fourth-order valence-corrected chi connectivity index (χ4v) is 9.84. The molecule has 0 saturated carbocycles. The summed E-state index contributed by atoms with van der Waals surface area (Å²) in [4.78, 5) is 43.9. The SMILES string of the molecule is CCN1CCN(/N=C/c2c3c(O)c4c(O)c(C)c5c(c4c2O)C(=O)[C@@](C)(O/C=C/[C@H](OC)[C@@H](C)[C@@H](OC(C)=O)[C@@H](C)[C@@H](OC(C)C)[C@H](C)[C@H](OC(C)C)[C@H](C)CCCC(C)C(=O)N3)O5)CC1. The number of anilines is 1. The lowest BCUT2D eigenvalue weighted by atomic mass is 9.77. The second-order valence-corrected chi connectivity index (χ2v) is 19.3. The molecular weight excluding hydrogens is 849 g/mol. The molecule has 1 amide bonds. The Morgan fingerprint density at radius 3 is 2.12 bits per heavy atom. The van der Waals surface area contributed by atoms with Crippen molar-refractivity contribution in [3.8, 4) is 23.0 Å². The van der Waals surface area contributed by atoms with Crippen LogP contribution in [-0.4, -0.2) is 131 Å². The lowest BCUT2D eigenvalue weighted by Crippen LogP contribution is -2.49. The molecule has 0 aromatic heterocycles. The highest BCUT2D eigenvalue weighted by Gasteiger charge is 2.50. The predicted molar refractivity (Wildman–Crippen MR) is 253 cm³/mol. The molecule has 0 radical (unpaired) electrons. The van der Waals surface area contributed by atoms with E-state index >= 15 is 0 Å². The first kappa shape index (κ1) is 52.3. The zero-order valence-electron chi connectivity index (χ0n) is 41.6. The van der Waals surface area contributed by atoms with E-state index in [4.69, 9.17) is 28.4 Å². The number of Topliss-reactive ketones (excluding diaryl/α,β-unsaturated/α-hetero) is 1. The molecule has 4 aliphatic heterocycles. The summed E-state index contributed by atoms with van der Waals surface area (Å²) in [5.41, 5.74) is -0.236. The van der Waals surface area contributed by atoms with Crippen LogP contribution < -0.4 is 10.1 Å². The van der Waals surface area contributed by atoms with Gasteiger partial charge in [-0.05, 0) is 66.0 Å². The monoisotopic (exact) mass is 925 g/mol. The van der Waals surface area contributed by atoms with Gasteiger partial charge in [0.15, 0.2) is 5.75 Å². The van der Waals surface area contributed by atoms with E-state index in [-0.39, 0.29) is 75.0 Å². The van der Waals surface area contributed by atoms with E-state index in [9.17, 15) is 29.7 Å². The van der Waals surface area contributed by atoms with Gasteiger partial charge < -0.3 is 49.1 Å². The Labute approximate surface area is 390 Å². The molecule has 4 aliphatic rings. The number of hydrazone groups is 1. The Kier molecular flexibility index (Phi) is 17.4. The number of phenolic OH excluding ortho intramolecular Hbond substituents is 3. The number of carbonyl (C=O) groups excluding carboxylic acids is 3. The third kappa shape index (κ3) is 11.2. The van der Waals surface area contributed by atoms with E-state index in [2.05, 4.69) is 36.1 Å². The van der Waals surface area contributed by atoms with Crippen molar-refractivity contribution in [1.29, 1.82) is 0 Å². The molecule has 66 heavy (non-hydrogen) atoms. The molecule has 1 fully saturated rings. The number of ether oxygens (including phenoxy) is 6. The Bertz CT molecular complexity index is 2120. The van der Waals surface area contributed by atoms with Gasteiger partial charge in [0.2, 0.25) is 5.91 Å². The second-order valence-electron chi connectivity index (χ2n) is 19.3. The molecule has 2 aromatic carbocycles. The Hall–Kier alpha value is -4.64. The predicted octanol–water partition coefficient (Wildman–Crippen LogP) is 7.89. The molecule has 4 N–H and O–H groups in total. The summed E-state index contributed by atoms with van der Waals surface area (Å²) in [7, 11) is 1.53. The third-order valence-corrected chi connectivity index (χ3v) is 13.6. The average Bonchev–Trinajstić information content (AvgIpc) is 3.53. The smallest absolute Gasteiger partial charge is 0.312 e. The number of fused-ring (bicyclic) bond motifs is 16. The Balaban J connectivity index is 1.68. The molecule has 5 bridgehead atoms. The fourth-order valence-electron chi connectivity index (χ4n) is 9.84. The van der Waals surface area contributed by atoms with Gasteiger partial charge in [0.25, 0.3) is 5.78 Å². The molecule has 4 heterocycles. The van der Waals surface area contributed by atoms with Gasteiger partial charge in [0.05, 0.1) is 65.2 Å². The Morgan fingerprint density at radius 1 is 0.909 bits per heavy atom.